The van der Waals surface area contributed by atoms with E-state index in [0.29, 0.717) is 30.0 Å². The van der Waals surface area contributed by atoms with Crippen molar-refractivity contribution in [2.75, 3.05) is 5.32 Å². The predicted molar refractivity (Wildman–Crippen MR) is 120 cm³/mol. The molecule has 30 heavy (non-hydrogen) atoms. The van der Waals surface area contributed by atoms with Crippen molar-refractivity contribution in [2.24, 2.45) is 0 Å². The molecule has 0 aliphatic rings. The highest BCUT2D eigenvalue weighted by atomic mass is 32.1. The summed E-state index contributed by atoms with van der Waals surface area (Å²) in [6.07, 6.45) is 0.496. The summed E-state index contributed by atoms with van der Waals surface area (Å²) in [7, 11) is 0. The summed E-state index contributed by atoms with van der Waals surface area (Å²) in [4.78, 5) is 33.8. The summed E-state index contributed by atoms with van der Waals surface area (Å²) in [6, 6.07) is 10.00. The molecule has 0 atom stereocenters. The van der Waals surface area contributed by atoms with Crippen molar-refractivity contribution >= 4 is 33.3 Å². The zero-order valence-corrected chi connectivity index (χ0v) is 18.2. The van der Waals surface area contributed by atoms with Crippen molar-refractivity contribution in [1.29, 1.82) is 0 Å². The second-order valence-corrected chi connectivity index (χ2v) is 8.62. The van der Waals surface area contributed by atoms with Crippen LogP contribution in [0.25, 0.3) is 21.3 Å². The summed E-state index contributed by atoms with van der Waals surface area (Å²) in [6.45, 7) is 7.89. The lowest BCUT2D eigenvalue weighted by Crippen LogP contribution is -2.16. The van der Waals surface area contributed by atoms with Crippen LogP contribution in [0, 0.1) is 20.8 Å². The van der Waals surface area contributed by atoms with Gasteiger partial charge < -0.3 is 10.3 Å². The molecule has 3 heterocycles. The van der Waals surface area contributed by atoms with Gasteiger partial charge in [0.2, 0.25) is 5.91 Å². The standard InChI is InChI=1S/C22H23N5O2S/c1-12-5-7-16(8-6-12)19-14(3)30-22-20(19)21(29)24-17(25-22)9-10-27-18(23-15(4)28)11-13(2)26-27/h5-8,11H,9-10H2,1-4H3,(H,23,28)(H,24,25,29). The minimum atomic E-state index is -0.151. The number of nitrogens with zero attached hydrogens (tertiary/aromatic N) is 3. The SMILES string of the molecule is CC(=O)Nc1cc(C)nn1CCc1nc2sc(C)c(-c3ccc(C)cc3)c2c(=O)[nH]1. The second-order valence-electron chi connectivity index (χ2n) is 7.42. The normalized spacial score (nSPS) is 11.2. The smallest absolute Gasteiger partial charge is 0.260 e. The topological polar surface area (TPSA) is 92.7 Å². The number of aromatic nitrogens is 4. The Morgan fingerprint density at radius 3 is 2.63 bits per heavy atom. The molecule has 0 radical (unpaired) electrons. The Morgan fingerprint density at radius 1 is 1.20 bits per heavy atom. The molecule has 2 N–H and O–H groups in total. The van der Waals surface area contributed by atoms with Crippen LogP contribution in [0.3, 0.4) is 0 Å². The minimum absolute atomic E-state index is 0.131. The lowest BCUT2D eigenvalue weighted by Gasteiger charge is -2.07. The Labute approximate surface area is 177 Å². The first-order valence-electron chi connectivity index (χ1n) is 9.73. The molecular weight excluding hydrogens is 398 g/mol. The first kappa shape index (κ1) is 20.0. The van der Waals surface area contributed by atoms with Gasteiger partial charge in [0.1, 0.15) is 16.5 Å². The van der Waals surface area contributed by atoms with E-state index in [2.05, 4.69) is 15.4 Å². The Balaban J connectivity index is 1.66. The third-order valence-electron chi connectivity index (χ3n) is 4.89. The van der Waals surface area contributed by atoms with Gasteiger partial charge in [-0.2, -0.15) is 5.10 Å². The number of anilines is 1. The van der Waals surface area contributed by atoms with Crippen molar-refractivity contribution in [3.05, 3.63) is 62.6 Å². The van der Waals surface area contributed by atoms with Gasteiger partial charge in [0.05, 0.1) is 17.6 Å². The van der Waals surface area contributed by atoms with Gasteiger partial charge in [0.25, 0.3) is 5.56 Å². The number of carbonyl (C=O) groups excluding carboxylic acids is 1. The predicted octanol–water partition coefficient (Wildman–Crippen LogP) is 3.97. The van der Waals surface area contributed by atoms with E-state index in [1.54, 1.807) is 4.68 Å². The molecule has 1 amide bonds. The average Bonchev–Trinajstić information content (AvgIpc) is 3.19. The molecule has 0 bridgehead atoms. The molecule has 0 aliphatic carbocycles. The van der Waals surface area contributed by atoms with Crippen LogP contribution < -0.4 is 10.9 Å². The molecule has 0 saturated carbocycles. The lowest BCUT2D eigenvalue weighted by atomic mass is 10.0. The van der Waals surface area contributed by atoms with E-state index in [0.717, 1.165) is 26.5 Å². The minimum Gasteiger partial charge on any atom is -0.311 e. The number of aryl methyl sites for hydroxylation is 5. The van der Waals surface area contributed by atoms with Gasteiger partial charge in [-0.15, -0.1) is 11.3 Å². The van der Waals surface area contributed by atoms with Crippen LogP contribution in [0.2, 0.25) is 0 Å². The number of H-pyrrole nitrogens is 1. The fourth-order valence-electron chi connectivity index (χ4n) is 3.56. The molecule has 0 fully saturated rings. The second kappa shape index (κ2) is 7.87. The molecule has 3 aromatic heterocycles. The zero-order valence-electron chi connectivity index (χ0n) is 17.4. The Bertz CT molecular complexity index is 1300. The van der Waals surface area contributed by atoms with Crippen LogP contribution in [0.15, 0.2) is 35.1 Å². The van der Waals surface area contributed by atoms with Crippen LogP contribution in [0.1, 0.15) is 28.9 Å². The Hall–Kier alpha value is -3.26. The summed E-state index contributed by atoms with van der Waals surface area (Å²) in [5.74, 6) is 1.09. The molecule has 4 aromatic rings. The quantitative estimate of drug-likeness (QED) is 0.510. The summed E-state index contributed by atoms with van der Waals surface area (Å²) < 4.78 is 1.72. The molecule has 8 heteroatoms. The van der Waals surface area contributed by atoms with Gasteiger partial charge in [-0.05, 0) is 26.3 Å². The maximum absolute atomic E-state index is 12.9. The molecule has 1 aromatic carbocycles. The Morgan fingerprint density at radius 2 is 1.93 bits per heavy atom. The maximum atomic E-state index is 12.9. The van der Waals surface area contributed by atoms with Gasteiger partial charge in [-0.25, -0.2) is 9.67 Å². The molecule has 0 aliphatic heterocycles. The summed E-state index contributed by atoms with van der Waals surface area (Å²) in [5, 5.41) is 7.83. The monoisotopic (exact) mass is 421 g/mol. The highest BCUT2D eigenvalue weighted by molar-refractivity contribution is 7.19. The number of benzene rings is 1. The molecule has 7 nitrogen and oxygen atoms in total. The number of nitrogens with one attached hydrogen (secondary N) is 2. The van der Waals surface area contributed by atoms with Gasteiger partial charge in [-0.3, -0.25) is 9.59 Å². The van der Waals surface area contributed by atoms with Crippen molar-refractivity contribution in [3.63, 3.8) is 0 Å². The largest absolute Gasteiger partial charge is 0.311 e. The molecule has 0 unspecified atom stereocenters. The molecule has 154 valence electrons. The fourth-order valence-corrected chi connectivity index (χ4v) is 4.62. The molecule has 0 spiro atoms. The summed E-state index contributed by atoms with van der Waals surface area (Å²) >= 11 is 1.53. The highest BCUT2D eigenvalue weighted by Crippen LogP contribution is 2.35. The lowest BCUT2D eigenvalue weighted by molar-refractivity contribution is -0.114. The van der Waals surface area contributed by atoms with Gasteiger partial charge in [0.15, 0.2) is 0 Å². The van der Waals surface area contributed by atoms with Gasteiger partial charge in [0, 0.05) is 29.9 Å². The highest BCUT2D eigenvalue weighted by Gasteiger charge is 2.17. The van der Waals surface area contributed by atoms with E-state index < -0.39 is 0 Å². The Kier molecular flexibility index (Phi) is 5.26. The van der Waals surface area contributed by atoms with Crippen LogP contribution in [0.4, 0.5) is 5.82 Å². The van der Waals surface area contributed by atoms with Crippen molar-refractivity contribution in [2.45, 2.75) is 40.7 Å². The first-order valence-corrected chi connectivity index (χ1v) is 10.5. The van der Waals surface area contributed by atoms with E-state index in [1.807, 2.05) is 51.1 Å². The maximum Gasteiger partial charge on any atom is 0.260 e. The van der Waals surface area contributed by atoms with E-state index in [1.165, 1.54) is 23.8 Å². The van der Waals surface area contributed by atoms with Crippen LogP contribution in [-0.2, 0) is 17.8 Å². The first-order chi connectivity index (χ1) is 14.3. The number of aromatic amines is 1. The molecule has 4 rings (SSSR count). The summed E-state index contributed by atoms with van der Waals surface area (Å²) in [5.41, 5.74) is 3.83. The van der Waals surface area contributed by atoms with Crippen LogP contribution >= 0.6 is 11.3 Å². The fraction of sp³-hybridized carbons (Fsp3) is 0.273. The number of hydrogen-bond donors (Lipinski definition) is 2. The van der Waals surface area contributed by atoms with Gasteiger partial charge in [-0.1, -0.05) is 29.8 Å². The number of carbonyl (C=O) groups is 1. The van der Waals surface area contributed by atoms with E-state index >= 15 is 0 Å². The number of thiophene rings is 1. The number of fused-ring (bicyclic) bond motifs is 1. The third-order valence-corrected chi connectivity index (χ3v) is 5.89. The zero-order chi connectivity index (χ0) is 21.4. The van der Waals surface area contributed by atoms with E-state index in [4.69, 9.17) is 4.98 Å². The number of hydrogen-bond acceptors (Lipinski definition) is 5. The third kappa shape index (κ3) is 3.91. The molecule has 0 saturated heterocycles. The average molecular weight is 422 g/mol. The number of rotatable bonds is 5. The van der Waals surface area contributed by atoms with E-state index in [-0.39, 0.29) is 11.5 Å². The van der Waals surface area contributed by atoms with Crippen molar-refractivity contribution < 1.29 is 4.79 Å². The van der Waals surface area contributed by atoms with Gasteiger partial charge >= 0.3 is 0 Å². The van der Waals surface area contributed by atoms with Crippen molar-refractivity contribution in [1.82, 2.24) is 19.7 Å². The van der Waals surface area contributed by atoms with Crippen LogP contribution in [-0.4, -0.2) is 25.7 Å². The number of amides is 1. The van der Waals surface area contributed by atoms with Crippen molar-refractivity contribution in [3.8, 4) is 11.1 Å². The molecular formula is C22H23N5O2S. The van der Waals surface area contributed by atoms with E-state index in [9.17, 15) is 9.59 Å². The van der Waals surface area contributed by atoms with Crippen LogP contribution in [0.5, 0.6) is 0 Å².